The molecule has 0 aromatic carbocycles. The summed E-state index contributed by atoms with van der Waals surface area (Å²) in [5.74, 6) is 2.47. The molecule has 1 aliphatic heterocycles. The molecule has 0 radical (unpaired) electrons. The number of hydrogen-bond donors (Lipinski definition) is 1. The van der Waals surface area contributed by atoms with E-state index in [4.69, 9.17) is 0 Å². The Balaban J connectivity index is 1.76. The van der Waals surface area contributed by atoms with Gasteiger partial charge >= 0.3 is 0 Å². The van der Waals surface area contributed by atoms with Gasteiger partial charge in [-0.3, -0.25) is 0 Å². The van der Waals surface area contributed by atoms with E-state index in [2.05, 4.69) is 22.1 Å². The van der Waals surface area contributed by atoms with E-state index < -0.39 is 0 Å². The van der Waals surface area contributed by atoms with Crippen molar-refractivity contribution < 1.29 is 4.39 Å². The van der Waals surface area contributed by atoms with Gasteiger partial charge in [-0.05, 0) is 37.3 Å². The summed E-state index contributed by atoms with van der Waals surface area (Å²) in [6.07, 6.45) is 8.16. The minimum atomic E-state index is -0.237. The number of rotatable bonds is 4. The van der Waals surface area contributed by atoms with Gasteiger partial charge in [-0.25, -0.2) is 9.37 Å². The molecule has 3 nitrogen and oxygen atoms in total. The Kier molecular flexibility index (Phi) is 4.73. The van der Waals surface area contributed by atoms with Gasteiger partial charge in [0, 0.05) is 25.2 Å². The third-order valence-corrected chi connectivity index (χ3v) is 5.07. The average molecular weight is 291 g/mol. The largest absolute Gasteiger partial charge is 0.356 e. The van der Waals surface area contributed by atoms with Gasteiger partial charge in [0.1, 0.15) is 11.6 Å². The molecule has 1 aliphatic carbocycles. The summed E-state index contributed by atoms with van der Waals surface area (Å²) in [5, 5.41) is 3.29. The van der Waals surface area contributed by atoms with Crippen LogP contribution in [-0.4, -0.2) is 24.6 Å². The highest BCUT2D eigenvalue weighted by Gasteiger charge is 2.32. The summed E-state index contributed by atoms with van der Waals surface area (Å²) in [7, 11) is 0. The standard InChI is InChI=1S/C17H26FN3/c1-2-19-10-15-9-16(18)11-20-17(15)21-8-7-13-5-3-4-6-14(13)12-21/h9,11,13-14,19H,2-8,10,12H2,1H3. The van der Waals surface area contributed by atoms with Crippen LogP contribution in [0.3, 0.4) is 0 Å². The molecule has 0 spiro atoms. The third kappa shape index (κ3) is 3.37. The molecule has 1 saturated carbocycles. The summed E-state index contributed by atoms with van der Waals surface area (Å²) in [5.41, 5.74) is 0.992. The maximum absolute atomic E-state index is 13.5. The number of halogens is 1. The Morgan fingerprint density at radius 2 is 2.10 bits per heavy atom. The van der Waals surface area contributed by atoms with Crippen LogP contribution in [0.2, 0.25) is 0 Å². The maximum Gasteiger partial charge on any atom is 0.141 e. The highest BCUT2D eigenvalue weighted by molar-refractivity contribution is 5.47. The molecular weight excluding hydrogens is 265 g/mol. The predicted octanol–water partition coefficient (Wildman–Crippen LogP) is 3.35. The van der Waals surface area contributed by atoms with E-state index in [1.165, 1.54) is 38.3 Å². The van der Waals surface area contributed by atoms with E-state index >= 15 is 0 Å². The number of pyridine rings is 1. The van der Waals surface area contributed by atoms with Crippen LogP contribution in [0.4, 0.5) is 10.2 Å². The summed E-state index contributed by atoms with van der Waals surface area (Å²) in [4.78, 5) is 6.79. The van der Waals surface area contributed by atoms with E-state index in [1.54, 1.807) is 6.07 Å². The van der Waals surface area contributed by atoms with Gasteiger partial charge in [0.15, 0.2) is 0 Å². The van der Waals surface area contributed by atoms with Crippen molar-refractivity contribution in [3.8, 4) is 0 Å². The average Bonchev–Trinajstić information content (AvgIpc) is 2.52. The highest BCUT2D eigenvalue weighted by Crippen LogP contribution is 2.37. The van der Waals surface area contributed by atoms with E-state index in [-0.39, 0.29) is 5.82 Å². The maximum atomic E-state index is 13.5. The predicted molar refractivity (Wildman–Crippen MR) is 83.9 cm³/mol. The van der Waals surface area contributed by atoms with Crippen LogP contribution in [0, 0.1) is 17.7 Å². The Bertz CT molecular complexity index is 477. The summed E-state index contributed by atoms with van der Waals surface area (Å²) in [6, 6.07) is 1.64. The molecule has 2 aliphatic rings. The molecule has 0 bridgehead atoms. The van der Waals surface area contributed by atoms with Crippen molar-refractivity contribution in [3.63, 3.8) is 0 Å². The molecule has 2 heterocycles. The molecule has 2 atom stereocenters. The number of fused-ring (bicyclic) bond motifs is 1. The molecule has 1 aromatic heterocycles. The zero-order valence-corrected chi connectivity index (χ0v) is 12.9. The Morgan fingerprint density at radius 1 is 1.29 bits per heavy atom. The lowest BCUT2D eigenvalue weighted by molar-refractivity contribution is 0.202. The minimum absolute atomic E-state index is 0.237. The van der Waals surface area contributed by atoms with Crippen LogP contribution in [-0.2, 0) is 6.54 Å². The highest BCUT2D eigenvalue weighted by atomic mass is 19.1. The summed E-state index contributed by atoms with van der Waals surface area (Å²) < 4.78 is 13.5. The number of nitrogens with zero attached hydrogens (tertiary/aromatic N) is 2. The van der Waals surface area contributed by atoms with Gasteiger partial charge in [-0.15, -0.1) is 0 Å². The molecule has 4 heteroatoms. The fraction of sp³-hybridized carbons (Fsp3) is 0.706. The number of anilines is 1. The molecule has 1 aromatic rings. The fourth-order valence-electron chi connectivity index (χ4n) is 3.94. The molecule has 2 fully saturated rings. The number of nitrogens with one attached hydrogen (secondary N) is 1. The van der Waals surface area contributed by atoms with Crippen molar-refractivity contribution in [2.24, 2.45) is 11.8 Å². The second-order valence-electron chi connectivity index (χ2n) is 6.46. The molecule has 21 heavy (non-hydrogen) atoms. The summed E-state index contributed by atoms with van der Waals surface area (Å²) in [6.45, 7) is 5.82. The monoisotopic (exact) mass is 291 g/mol. The molecule has 1 saturated heterocycles. The first-order chi connectivity index (χ1) is 10.3. The van der Waals surface area contributed by atoms with Crippen molar-refractivity contribution in [2.75, 3.05) is 24.5 Å². The first-order valence-electron chi connectivity index (χ1n) is 8.38. The lowest BCUT2D eigenvalue weighted by Crippen LogP contribution is -2.42. The lowest BCUT2D eigenvalue weighted by atomic mass is 9.75. The van der Waals surface area contributed by atoms with Crippen molar-refractivity contribution in [2.45, 2.75) is 45.6 Å². The van der Waals surface area contributed by atoms with Crippen LogP contribution < -0.4 is 10.2 Å². The van der Waals surface area contributed by atoms with Gasteiger partial charge < -0.3 is 10.2 Å². The molecule has 0 amide bonds. The van der Waals surface area contributed by atoms with E-state index in [0.717, 1.165) is 42.9 Å². The van der Waals surface area contributed by atoms with Crippen LogP contribution >= 0.6 is 0 Å². The van der Waals surface area contributed by atoms with Crippen LogP contribution in [0.5, 0.6) is 0 Å². The Labute approximate surface area is 126 Å². The SMILES string of the molecule is CCNCc1cc(F)cnc1N1CCC2CCCCC2C1. The van der Waals surface area contributed by atoms with Crippen molar-refractivity contribution >= 4 is 5.82 Å². The third-order valence-electron chi connectivity index (χ3n) is 5.07. The molecule has 1 N–H and O–H groups in total. The topological polar surface area (TPSA) is 28.2 Å². The van der Waals surface area contributed by atoms with Gasteiger partial charge in [0.2, 0.25) is 0 Å². The minimum Gasteiger partial charge on any atom is -0.356 e. The van der Waals surface area contributed by atoms with Crippen molar-refractivity contribution in [1.82, 2.24) is 10.3 Å². The number of aromatic nitrogens is 1. The quantitative estimate of drug-likeness (QED) is 0.922. The first kappa shape index (κ1) is 14.8. The van der Waals surface area contributed by atoms with Crippen LogP contribution in [0.25, 0.3) is 0 Å². The van der Waals surface area contributed by atoms with Gasteiger partial charge in [0.05, 0.1) is 6.20 Å². The van der Waals surface area contributed by atoms with Crippen LogP contribution in [0.1, 0.15) is 44.6 Å². The van der Waals surface area contributed by atoms with Crippen molar-refractivity contribution in [3.05, 3.63) is 23.6 Å². The molecule has 2 unspecified atom stereocenters. The van der Waals surface area contributed by atoms with Crippen LogP contribution in [0.15, 0.2) is 12.3 Å². The zero-order valence-electron chi connectivity index (χ0n) is 12.9. The van der Waals surface area contributed by atoms with Gasteiger partial charge in [0.25, 0.3) is 0 Å². The van der Waals surface area contributed by atoms with E-state index in [0.29, 0.717) is 6.54 Å². The first-order valence-corrected chi connectivity index (χ1v) is 8.38. The summed E-state index contributed by atoms with van der Waals surface area (Å²) >= 11 is 0. The second-order valence-corrected chi connectivity index (χ2v) is 6.46. The number of hydrogen-bond acceptors (Lipinski definition) is 3. The Hall–Kier alpha value is -1.16. The Morgan fingerprint density at radius 3 is 2.90 bits per heavy atom. The molecule has 3 rings (SSSR count). The fourth-order valence-corrected chi connectivity index (χ4v) is 3.94. The van der Waals surface area contributed by atoms with Crippen molar-refractivity contribution in [1.29, 1.82) is 0 Å². The zero-order chi connectivity index (χ0) is 14.7. The molecule has 116 valence electrons. The van der Waals surface area contributed by atoms with E-state index in [1.807, 2.05) is 0 Å². The smallest absolute Gasteiger partial charge is 0.141 e. The normalized spacial score (nSPS) is 25.7. The number of piperidine rings is 1. The van der Waals surface area contributed by atoms with Gasteiger partial charge in [-0.2, -0.15) is 0 Å². The lowest BCUT2D eigenvalue weighted by Gasteiger charge is -2.42. The molecular formula is C17H26FN3. The van der Waals surface area contributed by atoms with Gasteiger partial charge in [-0.1, -0.05) is 26.2 Å². The second kappa shape index (κ2) is 6.73. The van der Waals surface area contributed by atoms with E-state index in [9.17, 15) is 4.39 Å².